The lowest BCUT2D eigenvalue weighted by molar-refractivity contribution is -0.141. The summed E-state index contributed by atoms with van der Waals surface area (Å²) in [6, 6.07) is 0. The molecule has 0 atom stereocenters. The Labute approximate surface area is 118 Å². The number of rotatable bonds is 2. The lowest BCUT2D eigenvalue weighted by Gasteiger charge is -2.33. The molecule has 1 fully saturated rings. The van der Waals surface area contributed by atoms with Crippen molar-refractivity contribution in [3.05, 3.63) is 15.6 Å². The van der Waals surface area contributed by atoms with Gasteiger partial charge in [0.1, 0.15) is 4.88 Å². The topological polar surface area (TPSA) is 50.2 Å². The van der Waals surface area contributed by atoms with Crippen LogP contribution in [-0.2, 0) is 6.18 Å². The zero-order chi connectivity index (χ0) is 15.1. The SMILES string of the molecule is CC1(C)CCC(c2nc(C(F)(F)F)c(C(=O)O)s2)CC1. The van der Waals surface area contributed by atoms with E-state index in [2.05, 4.69) is 18.8 Å². The molecule has 1 aliphatic carbocycles. The maximum atomic E-state index is 12.8. The molecular formula is C13H16F3NO2S. The van der Waals surface area contributed by atoms with Crippen molar-refractivity contribution in [1.82, 2.24) is 4.98 Å². The lowest BCUT2D eigenvalue weighted by Crippen LogP contribution is -2.20. The summed E-state index contributed by atoms with van der Waals surface area (Å²) >= 11 is 0.670. The minimum Gasteiger partial charge on any atom is -0.477 e. The van der Waals surface area contributed by atoms with Gasteiger partial charge < -0.3 is 5.11 Å². The van der Waals surface area contributed by atoms with Crippen LogP contribution < -0.4 is 0 Å². The first-order valence-corrected chi connectivity index (χ1v) is 7.23. The maximum absolute atomic E-state index is 12.8. The van der Waals surface area contributed by atoms with E-state index in [1.54, 1.807) is 0 Å². The summed E-state index contributed by atoms with van der Waals surface area (Å²) < 4.78 is 38.4. The van der Waals surface area contributed by atoms with Crippen molar-refractivity contribution in [2.75, 3.05) is 0 Å². The van der Waals surface area contributed by atoms with Gasteiger partial charge in [0, 0.05) is 5.92 Å². The largest absolute Gasteiger partial charge is 0.477 e. The van der Waals surface area contributed by atoms with Crippen molar-refractivity contribution in [3.63, 3.8) is 0 Å². The first kappa shape index (κ1) is 15.3. The molecule has 2 rings (SSSR count). The summed E-state index contributed by atoms with van der Waals surface area (Å²) in [5.41, 5.74) is -1.05. The van der Waals surface area contributed by atoms with Crippen molar-refractivity contribution in [2.24, 2.45) is 5.41 Å². The summed E-state index contributed by atoms with van der Waals surface area (Å²) in [7, 11) is 0. The van der Waals surface area contributed by atoms with Crippen LogP contribution in [0.4, 0.5) is 13.2 Å². The second-order valence-corrected chi connectivity index (χ2v) is 7.00. The second-order valence-electron chi connectivity index (χ2n) is 5.97. The molecule has 1 saturated carbocycles. The molecule has 20 heavy (non-hydrogen) atoms. The summed E-state index contributed by atoms with van der Waals surface area (Å²) in [4.78, 5) is 13.8. The fraction of sp³-hybridized carbons (Fsp3) is 0.692. The van der Waals surface area contributed by atoms with E-state index in [1.165, 1.54) is 0 Å². The fourth-order valence-corrected chi connectivity index (χ4v) is 3.59. The predicted octanol–water partition coefficient (Wildman–Crippen LogP) is 4.54. The van der Waals surface area contributed by atoms with Crippen LogP contribution in [0.5, 0.6) is 0 Å². The number of halogens is 3. The molecular weight excluding hydrogens is 291 g/mol. The van der Waals surface area contributed by atoms with Gasteiger partial charge in [0.15, 0.2) is 5.69 Å². The van der Waals surface area contributed by atoms with Gasteiger partial charge in [0.2, 0.25) is 0 Å². The van der Waals surface area contributed by atoms with E-state index in [9.17, 15) is 18.0 Å². The molecule has 1 heterocycles. The number of carboxylic acids is 1. The number of thiazole rings is 1. The molecule has 3 nitrogen and oxygen atoms in total. The Morgan fingerprint density at radius 1 is 1.35 bits per heavy atom. The van der Waals surface area contributed by atoms with Crippen LogP contribution in [0.3, 0.4) is 0 Å². The van der Waals surface area contributed by atoms with Gasteiger partial charge in [0.25, 0.3) is 0 Å². The summed E-state index contributed by atoms with van der Waals surface area (Å²) in [6.45, 7) is 4.27. The third kappa shape index (κ3) is 3.13. The molecule has 0 aromatic carbocycles. The number of carboxylic acid groups (broad SMARTS) is 1. The summed E-state index contributed by atoms with van der Waals surface area (Å²) in [6.07, 6.45) is -1.36. The minimum absolute atomic E-state index is 0.0535. The maximum Gasteiger partial charge on any atom is 0.435 e. The number of aromatic carboxylic acids is 1. The van der Waals surface area contributed by atoms with Gasteiger partial charge in [-0.2, -0.15) is 13.2 Å². The van der Waals surface area contributed by atoms with E-state index >= 15 is 0 Å². The summed E-state index contributed by atoms with van der Waals surface area (Å²) in [5.74, 6) is -1.61. The zero-order valence-electron chi connectivity index (χ0n) is 11.3. The number of alkyl halides is 3. The van der Waals surface area contributed by atoms with Crippen LogP contribution >= 0.6 is 11.3 Å². The highest BCUT2D eigenvalue weighted by molar-refractivity contribution is 7.13. The molecule has 0 bridgehead atoms. The first-order chi connectivity index (χ1) is 9.10. The first-order valence-electron chi connectivity index (χ1n) is 6.41. The Morgan fingerprint density at radius 2 is 1.90 bits per heavy atom. The van der Waals surface area contributed by atoms with Crippen LogP contribution in [0.15, 0.2) is 0 Å². The highest BCUT2D eigenvalue weighted by Gasteiger charge is 2.41. The van der Waals surface area contributed by atoms with Crippen molar-refractivity contribution >= 4 is 17.3 Å². The smallest absolute Gasteiger partial charge is 0.435 e. The van der Waals surface area contributed by atoms with E-state index in [-0.39, 0.29) is 11.3 Å². The molecule has 1 aromatic rings. The fourth-order valence-electron chi connectivity index (χ4n) is 2.49. The Bertz CT molecular complexity index is 512. The number of carbonyl (C=O) groups is 1. The van der Waals surface area contributed by atoms with Crippen LogP contribution in [-0.4, -0.2) is 16.1 Å². The monoisotopic (exact) mass is 307 g/mol. The summed E-state index contributed by atoms with van der Waals surface area (Å²) in [5, 5.41) is 9.20. The van der Waals surface area contributed by atoms with E-state index in [4.69, 9.17) is 5.11 Å². The second kappa shape index (κ2) is 5.02. The number of hydrogen-bond donors (Lipinski definition) is 1. The van der Waals surface area contributed by atoms with E-state index < -0.39 is 22.7 Å². The molecule has 0 radical (unpaired) electrons. The van der Waals surface area contributed by atoms with Gasteiger partial charge in [-0.05, 0) is 31.1 Å². The number of nitrogens with zero attached hydrogens (tertiary/aromatic N) is 1. The Hall–Kier alpha value is -1.11. The molecule has 0 unspecified atom stereocenters. The molecule has 1 aliphatic rings. The van der Waals surface area contributed by atoms with E-state index in [0.717, 1.165) is 25.7 Å². The van der Waals surface area contributed by atoms with Crippen LogP contribution in [0.1, 0.15) is 65.8 Å². The van der Waals surface area contributed by atoms with Crippen LogP contribution in [0, 0.1) is 5.41 Å². The standard InChI is InChI=1S/C13H16F3NO2S/c1-12(2)5-3-7(4-6-12)10-17-9(13(14,15)16)8(20-10)11(18)19/h7H,3-6H2,1-2H3,(H,18,19). The quantitative estimate of drug-likeness (QED) is 0.872. The van der Waals surface area contributed by atoms with E-state index in [0.29, 0.717) is 16.3 Å². The molecule has 7 heteroatoms. The van der Waals surface area contributed by atoms with Crippen molar-refractivity contribution < 1.29 is 23.1 Å². The van der Waals surface area contributed by atoms with Crippen molar-refractivity contribution in [1.29, 1.82) is 0 Å². The number of hydrogen-bond acceptors (Lipinski definition) is 3. The minimum atomic E-state index is -4.71. The predicted molar refractivity (Wildman–Crippen MR) is 69.1 cm³/mol. The third-order valence-corrected chi connectivity index (χ3v) is 5.00. The molecule has 112 valence electrons. The van der Waals surface area contributed by atoms with Gasteiger partial charge >= 0.3 is 12.1 Å². The van der Waals surface area contributed by atoms with E-state index in [1.807, 2.05) is 0 Å². The normalized spacial score (nSPS) is 20.1. The molecule has 1 N–H and O–H groups in total. The third-order valence-electron chi connectivity index (χ3n) is 3.79. The van der Waals surface area contributed by atoms with Gasteiger partial charge in [-0.15, -0.1) is 11.3 Å². The highest BCUT2D eigenvalue weighted by atomic mass is 32.1. The van der Waals surface area contributed by atoms with Crippen LogP contribution in [0.2, 0.25) is 0 Å². The molecule has 0 amide bonds. The van der Waals surface area contributed by atoms with Gasteiger partial charge in [-0.3, -0.25) is 0 Å². The number of aromatic nitrogens is 1. The molecule has 0 saturated heterocycles. The Kier molecular flexibility index (Phi) is 3.83. The lowest BCUT2D eigenvalue weighted by atomic mass is 9.73. The average molecular weight is 307 g/mol. The molecule has 0 aliphatic heterocycles. The van der Waals surface area contributed by atoms with Crippen molar-refractivity contribution in [2.45, 2.75) is 51.6 Å². The average Bonchev–Trinajstić information content (AvgIpc) is 2.73. The molecule has 1 aromatic heterocycles. The zero-order valence-corrected chi connectivity index (χ0v) is 12.1. The van der Waals surface area contributed by atoms with Gasteiger partial charge in [0.05, 0.1) is 5.01 Å². The van der Waals surface area contributed by atoms with Gasteiger partial charge in [-0.25, -0.2) is 9.78 Å². The van der Waals surface area contributed by atoms with Crippen LogP contribution in [0.25, 0.3) is 0 Å². The Balaban J connectivity index is 2.28. The Morgan fingerprint density at radius 3 is 2.30 bits per heavy atom. The van der Waals surface area contributed by atoms with Gasteiger partial charge in [-0.1, -0.05) is 13.8 Å². The van der Waals surface area contributed by atoms with Crippen molar-refractivity contribution in [3.8, 4) is 0 Å². The molecule has 0 spiro atoms. The highest BCUT2D eigenvalue weighted by Crippen LogP contribution is 2.45.